The second-order valence-electron chi connectivity index (χ2n) is 6.65. The van der Waals surface area contributed by atoms with Crippen molar-refractivity contribution in [3.63, 3.8) is 0 Å². The zero-order chi connectivity index (χ0) is 14.9. The molecule has 22 heavy (non-hydrogen) atoms. The SMILES string of the molecule is OC(CNC1CC2CCC1C2)COc1cccc2sncc12. The van der Waals surface area contributed by atoms with Gasteiger partial charge in [-0.15, -0.1) is 0 Å². The van der Waals surface area contributed by atoms with Gasteiger partial charge in [0.05, 0.1) is 16.3 Å². The molecule has 0 saturated heterocycles. The molecule has 2 N–H and O–H groups in total. The Labute approximate surface area is 134 Å². The lowest BCUT2D eigenvalue weighted by molar-refractivity contribution is 0.102. The predicted octanol–water partition coefficient (Wildman–Crippen LogP) is 2.81. The minimum Gasteiger partial charge on any atom is -0.490 e. The molecular formula is C17H22N2O2S. The second-order valence-corrected chi connectivity index (χ2v) is 7.48. The fourth-order valence-electron chi connectivity index (χ4n) is 4.02. The highest BCUT2D eigenvalue weighted by atomic mass is 32.1. The van der Waals surface area contributed by atoms with Crippen LogP contribution in [0.2, 0.25) is 0 Å². The summed E-state index contributed by atoms with van der Waals surface area (Å²) in [6.07, 6.45) is 6.81. The van der Waals surface area contributed by atoms with Crippen LogP contribution in [0.3, 0.4) is 0 Å². The summed E-state index contributed by atoms with van der Waals surface area (Å²) in [7, 11) is 0. The van der Waals surface area contributed by atoms with Gasteiger partial charge in [-0.3, -0.25) is 0 Å². The molecule has 4 rings (SSSR count). The van der Waals surface area contributed by atoms with Crippen molar-refractivity contribution < 1.29 is 9.84 Å². The number of nitrogens with zero attached hydrogens (tertiary/aromatic N) is 1. The number of aromatic nitrogens is 1. The highest BCUT2D eigenvalue weighted by Crippen LogP contribution is 2.44. The van der Waals surface area contributed by atoms with Crippen molar-refractivity contribution in [2.24, 2.45) is 11.8 Å². The number of hydrogen-bond acceptors (Lipinski definition) is 5. The van der Waals surface area contributed by atoms with Gasteiger partial charge in [-0.2, -0.15) is 4.37 Å². The standard InChI is InChI=1S/C17H22N2O2S/c20-13(8-18-15-7-11-4-5-12(15)6-11)10-21-16-2-1-3-17-14(16)9-19-22-17/h1-3,9,11-13,15,18,20H,4-8,10H2. The van der Waals surface area contributed by atoms with Crippen LogP contribution < -0.4 is 10.1 Å². The minimum atomic E-state index is -0.471. The molecule has 0 amide bonds. The Bertz CT molecular complexity index is 644. The van der Waals surface area contributed by atoms with Gasteiger partial charge in [0.2, 0.25) is 0 Å². The number of aliphatic hydroxyl groups is 1. The van der Waals surface area contributed by atoms with Gasteiger partial charge < -0.3 is 15.2 Å². The van der Waals surface area contributed by atoms with Crippen molar-refractivity contribution in [1.29, 1.82) is 0 Å². The van der Waals surface area contributed by atoms with Crippen LogP contribution in [-0.2, 0) is 0 Å². The molecule has 1 heterocycles. The zero-order valence-electron chi connectivity index (χ0n) is 12.6. The summed E-state index contributed by atoms with van der Waals surface area (Å²) in [4.78, 5) is 0. The maximum atomic E-state index is 10.2. The smallest absolute Gasteiger partial charge is 0.129 e. The maximum Gasteiger partial charge on any atom is 0.129 e. The summed E-state index contributed by atoms with van der Waals surface area (Å²) in [5, 5.41) is 14.7. The van der Waals surface area contributed by atoms with E-state index in [2.05, 4.69) is 9.69 Å². The van der Waals surface area contributed by atoms with Gasteiger partial charge >= 0.3 is 0 Å². The van der Waals surface area contributed by atoms with Crippen LogP contribution in [0.4, 0.5) is 0 Å². The fourth-order valence-corrected chi connectivity index (χ4v) is 4.68. The lowest BCUT2D eigenvalue weighted by Gasteiger charge is -2.24. The first-order chi connectivity index (χ1) is 10.8. The van der Waals surface area contributed by atoms with Crippen molar-refractivity contribution in [2.45, 2.75) is 37.8 Å². The van der Waals surface area contributed by atoms with E-state index in [1.807, 2.05) is 24.4 Å². The number of hydrogen-bond donors (Lipinski definition) is 2. The summed E-state index contributed by atoms with van der Waals surface area (Å²) in [5.74, 6) is 2.58. The molecule has 118 valence electrons. The number of aliphatic hydroxyl groups excluding tert-OH is 1. The van der Waals surface area contributed by atoms with Gasteiger partial charge in [0, 0.05) is 12.6 Å². The van der Waals surface area contributed by atoms with Crippen LogP contribution in [0.1, 0.15) is 25.7 Å². The summed E-state index contributed by atoms with van der Waals surface area (Å²) < 4.78 is 11.1. The number of fused-ring (bicyclic) bond motifs is 3. The highest BCUT2D eigenvalue weighted by molar-refractivity contribution is 7.13. The summed E-state index contributed by atoms with van der Waals surface area (Å²) in [6, 6.07) is 6.55. The molecule has 1 aromatic carbocycles. The van der Waals surface area contributed by atoms with E-state index in [0.717, 1.165) is 27.7 Å². The summed E-state index contributed by atoms with van der Waals surface area (Å²) in [5.41, 5.74) is 0. The maximum absolute atomic E-state index is 10.2. The van der Waals surface area contributed by atoms with Crippen LogP contribution >= 0.6 is 11.5 Å². The molecule has 4 nitrogen and oxygen atoms in total. The number of rotatable bonds is 6. The average molecular weight is 318 g/mol. The van der Waals surface area contributed by atoms with E-state index in [1.54, 1.807) is 0 Å². The molecule has 2 aliphatic carbocycles. The van der Waals surface area contributed by atoms with Gasteiger partial charge in [0.15, 0.2) is 0 Å². The first-order valence-electron chi connectivity index (χ1n) is 8.17. The van der Waals surface area contributed by atoms with E-state index in [0.29, 0.717) is 19.2 Å². The number of benzene rings is 1. The van der Waals surface area contributed by atoms with Crippen molar-refractivity contribution in [1.82, 2.24) is 9.69 Å². The highest BCUT2D eigenvalue weighted by Gasteiger charge is 2.39. The molecule has 4 unspecified atom stereocenters. The van der Waals surface area contributed by atoms with Crippen molar-refractivity contribution in [2.75, 3.05) is 13.2 Å². The lowest BCUT2D eigenvalue weighted by Crippen LogP contribution is -2.40. The van der Waals surface area contributed by atoms with E-state index in [4.69, 9.17) is 4.74 Å². The topological polar surface area (TPSA) is 54.4 Å². The zero-order valence-corrected chi connectivity index (χ0v) is 13.4. The summed E-state index contributed by atoms with van der Waals surface area (Å²) in [6.45, 7) is 0.939. The normalized spacial score (nSPS) is 28.3. The summed E-state index contributed by atoms with van der Waals surface area (Å²) >= 11 is 1.46. The molecule has 2 fully saturated rings. The Morgan fingerprint density at radius 1 is 1.36 bits per heavy atom. The van der Waals surface area contributed by atoms with Crippen LogP contribution in [-0.4, -0.2) is 34.8 Å². The third-order valence-electron chi connectivity index (χ3n) is 5.14. The van der Waals surface area contributed by atoms with E-state index >= 15 is 0 Å². The number of ether oxygens (including phenoxy) is 1. The molecule has 2 aromatic rings. The quantitative estimate of drug-likeness (QED) is 0.860. The van der Waals surface area contributed by atoms with Crippen LogP contribution in [0.25, 0.3) is 10.1 Å². The first kappa shape index (κ1) is 14.4. The van der Waals surface area contributed by atoms with Crippen molar-refractivity contribution in [3.8, 4) is 5.75 Å². The van der Waals surface area contributed by atoms with Crippen molar-refractivity contribution in [3.05, 3.63) is 24.4 Å². The van der Waals surface area contributed by atoms with Crippen LogP contribution in [0.15, 0.2) is 24.4 Å². The van der Waals surface area contributed by atoms with E-state index in [9.17, 15) is 5.11 Å². The lowest BCUT2D eigenvalue weighted by atomic mass is 9.95. The van der Waals surface area contributed by atoms with Gasteiger partial charge in [-0.1, -0.05) is 12.5 Å². The molecule has 2 saturated carbocycles. The van der Waals surface area contributed by atoms with Crippen LogP contribution in [0.5, 0.6) is 5.75 Å². The Morgan fingerprint density at radius 3 is 3.14 bits per heavy atom. The molecule has 1 aromatic heterocycles. The Morgan fingerprint density at radius 2 is 2.32 bits per heavy atom. The van der Waals surface area contributed by atoms with Crippen molar-refractivity contribution >= 4 is 21.6 Å². The average Bonchev–Trinajstić information content (AvgIpc) is 3.26. The van der Waals surface area contributed by atoms with E-state index < -0.39 is 6.10 Å². The van der Waals surface area contributed by atoms with Crippen LogP contribution in [0, 0.1) is 11.8 Å². The molecule has 5 heteroatoms. The second kappa shape index (κ2) is 6.14. The predicted molar refractivity (Wildman–Crippen MR) is 88.4 cm³/mol. The largest absolute Gasteiger partial charge is 0.490 e. The molecule has 0 spiro atoms. The first-order valence-corrected chi connectivity index (χ1v) is 8.94. The Balaban J connectivity index is 1.27. The van der Waals surface area contributed by atoms with E-state index in [-0.39, 0.29) is 0 Å². The Kier molecular flexibility index (Phi) is 4.03. The fraction of sp³-hybridized carbons (Fsp3) is 0.588. The molecule has 2 bridgehead atoms. The van der Waals surface area contributed by atoms with Gasteiger partial charge in [-0.25, -0.2) is 0 Å². The number of nitrogens with one attached hydrogen (secondary N) is 1. The third-order valence-corrected chi connectivity index (χ3v) is 5.91. The minimum absolute atomic E-state index is 0.322. The monoisotopic (exact) mass is 318 g/mol. The van der Waals surface area contributed by atoms with Gasteiger partial charge in [0.25, 0.3) is 0 Å². The van der Waals surface area contributed by atoms with Gasteiger partial charge in [0.1, 0.15) is 18.5 Å². The molecule has 0 aliphatic heterocycles. The Hall–Kier alpha value is -1.17. The van der Waals surface area contributed by atoms with E-state index in [1.165, 1.54) is 37.2 Å². The third kappa shape index (κ3) is 2.85. The van der Waals surface area contributed by atoms with Gasteiger partial charge in [-0.05, 0) is 54.8 Å². The molecule has 2 aliphatic rings. The molecular weight excluding hydrogens is 296 g/mol. The molecule has 4 atom stereocenters. The molecule has 0 radical (unpaired) electrons.